The fourth-order valence-corrected chi connectivity index (χ4v) is 4.94. The van der Waals surface area contributed by atoms with Crippen molar-refractivity contribution >= 4 is 22.8 Å². The number of H-pyrrole nitrogens is 2. The summed E-state index contributed by atoms with van der Waals surface area (Å²) in [6.45, 7) is 0.486. The van der Waals surface area contributed by atoms with E-state index >= 15 is 0 Å². The number of pyridine rings is 1. The zero-order chi connectivity index (χ0) is 27.8. The Labute approximate surface area is 228 Å². The number of nitrogens with one attached hydrogen (secondary N) is 2. The van der Waals surface area contributed by atoms with Gasteiger partial charge in [0.2, 0.25) is 0 Å². The van der Waals surface area contributed by atoms with Gasteiger partial charge in [0.05, 0.1) is 5.56 Å². The molecule has 10 heteroatoms. The molecule has 0 spiro atoms. The number of aromatic nitrogens is 5. The van der Waals surface area contributed by atoms with Crippen molar-refractivity contribution in [2.24, 2.45) is 5.92 Å². The van der Waals surface area contributed by atoms with Crippen LogP contribution in [0, 0.1) is 11.7 Å². The van der Waals surface area contributed by atoms with Crippen molar-refractivity contribution in [2.45, 2.75) is 31.7 Å². The third-order valence-corrected chi connectivity index (χ3v) is 7.40. The first-order valence-corrected chi connectivity index (χ1v) is 13.1. The molecule has 1 fully saturated rings. The van der Waals surface area contributed by atoms with Crippen LogP contribution in [0.5, 0.6) is 0 Å². The van der Waals surface area contributed by atoms with Gasteiger partial charge in [0.1, 0.15) is 17.2 Å². The van der Waals surface area contributed by atoms with E-state index in [0.29, 0.717) is 40.7 Å². The van der Waals surface area contributed by atoms with Crippen molar-refractivity contribution in [1.29, 1.82) is 0 Å². The number of carbonyl (C=O) groups excluding carboxylic acids is 1. The van der Waals surface area contributed by atoms with Crippen molar-refractivity contribution in [3.63, 3.8) is 0 Å². The van der Waals surface area contributed by atoms with Gasteiger partial charge in [-0.15, -0.1) is 0 Å². The summed E-state index contributed by atoms with van der Waals surface area (Å²) < 4.78 is 16.3. The minimum atomic E-state index is -0.540. The maximum absolute atomic E-state index is 14.8. The lowest BCUT2D eigenvalue weighted by atomic mass is 9.91. The summed E-state index contributed by atoms with van der Waals surface area (Å²) in [6, 6.07) is 17.3. The number of halogens is 1. The fourth-order valence-electron chi connectivity index (χ4n) is 4.94. The quantitative estimate of drug-likeness (QED) is 0.310. The highest BCUT2D eigenvalue weighted by Gasteiger charge is 2.27. The molecule has 2 aromatic carbocycles. The van der Waals surface area contributed by atoms with Gasteiger partial charge < -0.3 is 9.88 Å². The van der Waals surface area contributed by atoms with Crippen molar-refractivity contribution in [1.82, 2.24) is 24.5 Å². The Balaban J connectivity index is 1.40. The third kappa shape index (κ3) is 4.95. The number of nitrogens with zero attached hydrogens (tertiary/aromatic N) is 4. The van der Waals surface area contributed by atoms with E-state index in [1.54, 1.807) is 43.6 Å². The van der Waals surface area contributed by atoms with Gasteiger partial charge in [-0.2, -0.15) is 0 Å². The van der Waals surface area contributed by atoms with E-state index in [-0.39, 0.29) is 23.7 Å². The highest BCUT2D eigenvalue weighted by atomic mass is 19.1. The number of carbonyl (C=O) groups is 1. The molecule has 3 aromatic heterocycles. The van der Waals surface area contributed by atoms with E-state index in [1.807, 2.05) is 24.3 Å². The summed E-state index contributed by atoms with van der Waals surface area (Å²) in [4.78, 5) is 54.0. The summed E-state index contributed by atoms with van der Waals surface area (Å²) in [7, 11) is 1.69. The van der Waals surface area contributed by atoms with Crippen LogP contribution in [0.25, 0.3) is 11.2 Å². The van der Waals surface area contributed by atoms with Gasteiger partial charge in [0.15, 0.2) is 5.65 Å². The zero-order valence-electron chi connectivity index (χ0n) is 21.8. The topological polar surface area (TPSA) is 117 Å². The lowest BCUT2D eigenvalue weighted by molar-refractivity contribution is 0.0992. The number of fused-ring (bicyclic) bond motifs is 1. The average Bonchev–Trinajstić information content (AvgIpc) is 3.69. The Morgan fingerprint density at radius 3 is 2.55 bits per heavy atom. The van der Waals surface area contributed by atoms with E-state index in [1.165, 1.54) is 21.7 Å². The van der Waals surface area contributed by atoms with Gasteiger partial charge in [-0.3, -0.25) is 24.1 Å². The number of benzene rings is 2. The normalized spacial score (nSPS) is 13.8. The largest absolute Gasteiger partial charge is 0.336 e. The smallest absolute Gasteiger partial charge is 0.330 e. The van der Waals surface area contributed by atoms with Crippen LogP contribution >= 0.6 is 0 Å². The molecule has 40 heavy (non-hydrogen) atoms. The standard InChI is InChI=1S/C30H27FN6O3/c1-36(29(39)21-6-4-14-32-16-21)22-12-10-19(11-13-22)23(15-20-5-2-3-7-24(20)31)26-33-25-27(34-26)37(17-18-8-9-18)30(40)35-28(25)38/h2-7,10-14,16,18,23H,8-9,15,17H2,1H3,(H,33,34)(H,35,38,40). The number of amides is 1. The van der Waals surface area contributed by atoms with Crippen LogP contribution in [-0.4, -0.2) is 37.5 Å². The molecular formula is C30H27FN6O3. The number of aromatic amines is 2. The van der Waals surface area contributed by atoms with Crippen molar-refractivity contribution in [3.8, 4) is 0 Å². The zero-order valence-corrected chi connectivity index (χ0v) is 21.8. The molecule has 6 rings (SSSR count). The molecule has 1 unspecified atom stereocenters. The van der Waals surface area contributed by atoms with Crippen LogP contribution in [0.3, 0.4) is 0 Å². The second-order valence-electron chi connectivity index (χ2n) is 10.2. The molecular weight excluding hydrogens is 511 g/mol. The molecule has 0 radical (unpaired) electrons. The Kier molecular flexibility index (Phi) is 6.59. The lowest BCUT2D eigenvalue weighted by Crippen LogP contribution is -2.30. The molecule has 1 amide bonds. The molecule has 0 bridgehead atoms. The second kappa shape index (κ2) is 10.4. The maximum atomic E-state index is 14.8. The van der Waals surface area contributed by atoms with Crippen LogP contribution in [0.1, 0.15) is 46.1 Å². The van der Waals surface area contributed by atoms with Gasteiger partial charge in [-0.1, -0.05) is 30.3 Å². The van der Waals surface area contributed by atoms with E-state index in [0.717, 1.165) is 18.4 Å². The molecule has 202 valence electrons. The number of hydrogen-bond acceptors (Lipinski definition) is 5. The Morgan fingerprint density at radius 2 is 1.85 bits per heavy atom. The van der Waals surface area contributed by atoms with Crippen LogP contribution < -0.4 is 16.1 Å². The van der Waals surface area contributed by atoms with E-state index in [4.69, 9.17) is 4.98 Å². The predicted octanol–water partition coefficient (Wildman–Crippen LogP) is 4.01. The van der Waals surface area contributed by atoms with Gasteiger partial charge in [-0.25, -0.2) is 14.2 Å². The van der Waals surface area contributed by atoms with Gasteiger partial charge in [0.25, 0.3) is 11.5 Å². The molecule has 3 heterocycles. The Hall–Kier alpha value is -4.86. The average molecular weight is 539 g/mol. The summed E-state index contributed by atoms with van der Waals surface area (Å²) >= 11 is 0. The summed E-state index contributed by atoms with van der Waals surface area (Å²) in [6.07, 6.45) is 5.46. The lowest BCUT2D eigenvalue weighted by Gasteiger charge is -2.20. The first-order valence-electron chi connectivity index (χ1n) is 13.1. The molecule has 1 aliphatic carbocycles. The highest BCUT2D eigenvalue weighted by Crippen LogP contribution is 2.32. The van der Waals surface area contributed by atoms with Gasteiger partial charge in [-0.05, 0) is 66.6 Å². The van der Waals surface area contributed by atoms with Crippen molar-refractivity contribution < 1.29 is 9.18 Å². The number of imidazole rings is 1. The molecule has 1 atom stereocenters. The molecule has 5 aromatic rings. The SMILES string of the molecule is CN(C(=O)c1cccnc1)c1ccc(C(Cc2ccccc2F)c2nc3c([nH]2)c(=O)[nH]c(=O)n3CC2CC2)cc1. The Morgan fingerprint density at radius 1 is 1.07 bits per heavy atom. The molecule has 1 aliphatic rings. The predicted molar refractivity (Wildman–Crippen MR) is 149 cm³/mol. The van der Waals surface area contributed by atoms with Crippen LogP contribution in [0.2, 0.25) is 0 Å². The summed E-state index contributed by atoms with van der Waals surface area (Å²) in [5, 5.41) is 0. The third-order valence-electron chi connectivity index (χ3n) is 7.40. The second-order valence-corrected chi connectivity index (χ2v) is 10.2. The first-order chi connectivity index (χ1) is 19.4. The Bertz CT molecular complexity index is 1810. The number of anilines is 1. The van der Waals surface area contributed by atoms with E-state index < -0.39 is 17.2 Å². The minimum Gasteiger partial charge on any atom is -0.336 e. The van der Waals surface area contributed by atoms with E-state index in [9.17, 15) is 18.8 Å². The monoisotopic (exact) mass is 538 g/mol. The van der Waals surface area contributed by atoms with Crippen molar-refractivity contribution in [3.05, 3.63) is 122 Å². The first kappa shape index (κ1) is 25.4. The molecule has 9 nitrogen and oxygen atoms in total. The number of hydrogen-bond donors (Lipinski definition) is 2. The maximum Gasteiger partial charge on any atom is 0.330 e. The van der Waals surface area contributed by atoms with Crippen molar-refractivity contribution in [2.75, 3.05) is 11.9 Å². The van der Waals surface area contributed by atoms with Crippen LogP contribution in [0.4, 0.5) is 10.1 Å². The molecule has 0 aliphatic heterocycles. The van der Waals surface area contributed by atoms with Crippen LogP contribution in [-0.2, 0) is 13.0 Å². The van der Waals surface area contributed by atoms with E-state index in [2.05, 4.69) is 15.0 Å². The molecule has 0 saturated heterocycles. The summed E-state index contributed by atoms with van der Waals surface area (Å²) in [5.74, 6) is -0.160. The number of rotatable bonds is 8. The molecule has 2 N–H and O–H groups in total. The van der Waals surface area contributed by atoms with Gasteiger partial charge in [0, 0.05) is 37.6 Å². The molecule has 1 saturated carbocycles. The highest BCUT2D eigenvalue weighted by molar-refractivity contribution is 6.05. The van der Waals surface area contributed by atoms with Crippen LogP contribution in [0.15, 0.2) is 82.6 Å². The summed E-state index contributed by atoms with van der Waals surface area (Å²) in [5.41, 5.74) is 1.92. The fraction of sp³-hybridized carbons (Fsp3) is 0.233. The minimum absolute atomic E-state index is 0.200. The van der Waals surface area contributed by atoms with Gasteiger partial charge >= 0.3 is 5.69 Å².